The Bertz CT molecular complexity index is 495. The predicted molar refractivity (Wildman–Crippen MR) is 80.9 cm³/mol. The summed E-state index contributed by atoms with van der Waals surface area (Å²) in [6, 6.07) is 6.25. The van der Waals surface area contributed by atoms with Crippen LogP contribution in [0.25, 0.3) is 0 Å². The maximum atomic E-state index is 5.69. The number of nitrogens with zero attached hydrogens (tertiary/aromatic N) is 1. The monoisotopic (exact) mass is 276 g/mol. The lowest BCUT2D eigenvalue weighted by atomic mass is 9.91. The van der Waals surface area contributed by atoms with Gasteiger partial charge in [-0.3, -0.25) is 0 Å². The van der Waals surface area contributed by atoms with Crippen molar-refractivity contribution in [2.24, 2.45) is 0 Å². The van der Waals surface area contributed by atoms with Crippen molar-refractivity contribution in [3.8, 4) is 11.5 Å². The molecule has 20 heavy (non-hydrogen) atoms. The fourth-order valence-electron chi connectivity index (χ4n) is 3.42. The van der Waals surface area contributed by atoms with Gasteiger partial charge in [-0.15, -0.1) is 0 Å². The number of benzene rings is 1. The molecule has 1 aromatic carbocycles. The average molecular weight is 276 g/mol. The van der Waals surface area contributed by atoms with Gasteiger partial charge in [0.2, 0.25) is 0 Å². The van der Waals surface area contributed by atoms with Crippen LogP contribution in [0.2, 0.25) is 0 Å². The molecule has 0 bridgehead atoms. The normalized spacial score (nSPS) is 23.5. The number of rotatable bonds is 1. The van der Waals surface area contributed by atoms with E-state index in [9.17, 15) is 0 Å². The van der Waals surface area contributed by atoms with Gasteiger partial charge in [-0.05, 0) is 39.8 Å². The van der Waals surface area contributed by atoms with Gasteiger partial charge in [0.05, 0.1) is 0 Å². The van der Waals surface area contributed by atoms with E-state index in [1.54, 1.807) is 0 Å². The lowest BCUT2D eigenvalue weighted by Gasteiger charge is -2.49. The van der Waals surface area contributed by atoms with Crippen LogP contribution in [0, 0.1) is 0 Å². The highest BCUT2D eigenvalue weighted by Crippen LogP contribution is 2.35. The zero-order valence-corrected chi connectivity index (χ0v) is 12.8. The summed E-state index contributed by atoms with van der Waals surface area (Å²) < 4.78 is 11.3. The van der Waals surface area contributed by atoms with E-state index in [0.29, 0.717) is 13.2 Å². The summed E-state index contributed by atoms with van der Waals surface area (Å²) in [6.07, 6.45) is 0. The van der Waals surface area contributed by atoms with E-state index in [-0.39, 0.29) is 11.1 Å². The molecule has 1 aromatic rings. The van der Waals surface area contributed by atoms with E-state index in [1.807, 2.05) is 6.07 Å². The number of ether oxygens (including phenoxy) is 2. The van der Waals surface area contributed by atoms with Crippen LogP contribution in [-0.2, 0) is 0 Å². The van der Waals surface area contributed by atoms with Gasteiger partial charge in [0, 0.05) is 35.9 Å². The Morgan fingerprint density at radius 2 is 1.55 bits per heavy atom. The third kappa shape index (κ3) is 2.70. The van der Waals surface area contributed by atoms with Crippen molar-refractivity contribution in [2.45, 2.75) is 38.8 Å². The van der Waals surface area contributed by atoms with Crippen molar-refractivity contribution in [3.05, 3.63) is 18.2 Å². The van der Waals surface area contributed by atoms with Crippen molar-refractivity contribution in [1.82, 2.24) is 5.32 Å². The van der Waals surface area contributed by atoms with E-state index in [4.69, 9.17) is 9.47 Å². The maximum absolute atomic E-state index is 5.69. The van der Waals surface area contributed by atoms with Crippen LogP contribution in [0.4, 0.5) is 5.69 Å². The molecular formula is C16H24N2O2. The molecule has 0 atom stereocenters. The topological polar surface area (TPSA) is 33.7 Å². The lowest BCUT2D eigenvalue weighted by Crippen LogP contribution is -2.66. The number of fused-ring (bicyclic) bond motifs is 1. The zero-order valence-electron chi connectivity index (χ0n) is 12.8. The molecule has 110 valence electrons. The summed E-state index contributed by atoms with van der Waals surface area (Å²) in [6.45, 7) is 12.2. The van der Waals surface area contributed by atoms with Gasteiger partial charge in [-0.2, -0.15) is 0 Å². The number of piperazine rings is 1. The van der Waals surface area contributed by atoms with E-state index >= 15 is 0 Å². The molecule has 3 rings (SSSR count). The first-order valence-corrected chi connectivity index (χ1v) is 7.29. The summed E-state index contributed by atoms with van der Waals surface area (Å²) in [5.41, 5.74) is 1.39. The van der Waals surface area contributed by atoms with E-state index in [2.05, 4.69) is 50.0 Å². The second-order valence-electron chi connectivity index (χ2n) is 7.08. The predicted octanol–water partition coefficient (Wildman–Crippen LogP) is 2.42. The first kappa shape index (κ1) is 13.6. The molecular weight excluding hydrogens is 252 g/mol. The smallest absolute Gasteiger partial charge is 0.163 e. The fraction of sp³-hybridized carbons (Fsp3) is 0.625. The first-order chi connectivity index (χ1) is 9.35. The third-order valence-corrected chi connectivity index (χ3v) is 3.74. The second kappa shape index (κ2) is 4.55. The SMILES string of the molecule is CC1(C)CN(c2ccc3c(c2)OCCO3)CC(C)(C)N1. The van der Waals surface area contributed by atoms with Crippen molar-refractivity contribution in [2.75, 3.05) is 31.2 Å². The van der Waals surface area contributed by atoms with Gasteiger partial charge >= 0.3 is 0 Å². The minimum absolute atomic E-state index is 0.0923. The van der Waals surface area contributed by atoms with Crippen LogP contribution in [0.1, 0.15) is 27.7 Å². The van der Waals surface area contributed by atoms with Crippen LogP contribution < -0.4 is 19.7 Å². The molecule has 1 N–H and O–H groups in total. The zero-order chi connectivity index (χ0) is 14.4. The molecule has 4 heteroatoms. The number of hydrogen-bond donors (Lipinski definition) is 1. The molecule has 0 amide bonds. The van der Waals surface area contributed by atoms with E-state index < -0.39 is 0 Å². The Morgan fingerprint density at radius 3 is 2.20 bits per heavy atom. The molecule has 2 heterocycles. The summed E-state index contributed by atoms with van der Waals surface area (Å²) in [5.74, 6) is 1.72. The molecule has 1 saturated heterocycles. The Balaban J connectivity index is 1.88. The highest BCUT2D eigenvalue weighted by Gasteiger charge is 2.36. The Hall–Kier alpha value is -1.42. The standard InChI is InChI=1S/C16H24N2O2/c1-15(2)10-18(11-16(3,4)17-15)12-5-6-13-14(9-12)20-8-7-19-13/h5-6,9,17H,7-8,10-11H2,1-4H3. The Labute approximate surface area is 121 Å². The van der Waals surface area contributed by atoms with Gasteiger partial charge in [0.1, 0.15) is 13.2 Å². The molecule has 0 aromatic heterocycles. The van der Waals surface area contributed by atoms with Gasteiger partial charge in [-0.1, -0.05) is 0 Å². The number of hydrogen-bond acceptors (Lipinski definition) is 4. The quantitative estimate of drug-likeness (QED) is 0.854. The van der Waals surface area contributed by atoms with Crippen LogP contribution in [0.15, 0.2) is 18.2 Å². The molecule has 0 spiro atoms. The first-order valence-electron chi connectivity index (χ1n) is 7.29. The van der Waals surface area contributed by atoms with Crippen molar-refractivity contribution < 1.29 is 9.47 Å². The van der Waals surface area contributed by atoms with Crippen LogP contribution in [0.5, 0.6) is 11.5 Å². The highest BCUT2D eigenvalue weighted by atomic mass is 16.6. The third-order valence-electron chi connectivity index (χ3n) is 3.74. The van der Waals surface area contributed by atoms with Crippen molar-refractivity contribution in [3.63, 3.8) is 0 Å². The van der Waals surface area contributed by atoms with Crippen molar-refractivity contribution >= 4 is 5.69 Å². The molecule has 0 saturated carbocycles. The molecule has 1 fully saturated rings. The van der Waals surface area contributed by atoms with Gasteiger partial charge < -0.3 is 19.7 Å². The van der Waals surface area contributed by atoms with Crippen LogP contribution in [0.3, 0.4) is 0 Å². The van der Waals surface area contributed by atoms with Gasteiger partial charge in [0.15, 0.2) is 11.5 Å². The highest BCUT2D eigenvalue weighted by molar-refractivity contribution is 5.57. The largest absolute Gasteiger partial charge is 0.486 e. The molecule has 0 aliphatic carbocycles. The van der Waals surface area contributed by atoms with Crippen molar-refractivity contribution in [1.29, 1.82) is 0 Å². The summed E-state index contributed by atoms with van der Waals surface area (Å²) in [4.78, 5) is 2.43. The van der Waals surface area contributed by atoms with Gasteiger partial charge in [-0.25, -0.2) is 0 Å². The summed E-state index contributed by atoms with van der Waals surface area (Å²) >= 11 is 0. The fourth-order valence-corrected chi connectivity index (χ4v) is 3.42. The minimum Gasteiger partial charge on any atom is -0.486 e. The maximum Gasteiger partial charge on any atom is 0.163 e. The van der Waals surface area contributed by atoms with E-state index in [1.165, 1.54) is 5.69 Å². The Morgan fingerprint density at radius 1 is 0.950 bits per heavy atom. The molecule has 0 radical (unpaired) electrons. The lowest BCUT2D eigenvalue weighted by molar-refractivity contribution is 0.171. The van der Waals surface area contributed by atoms with E-state index in [0.717, 1.165) is 24.6 Å². The molecule has 0 unspecified atom stereocenters. The molecule has 2 aliphatic heterocycles. The Kier molecular flexibility index (Phi) is 3.09. The molecule has 4 nitrogen and oxygen atoms in total. The minimum atomic E-state index is 0.0923. The number of nitrogens with one attached hydrogen (secondary N) is 1. The van der Waals surface area contributed by atoms with Gasteiger partial charge in [0.25, 0.3) is 0 Å². The van der Waals surface area contributed by atoms with Crippen LogP contribution in [-0.4, -0.2) is 37.4 Å². The van der Waals surface area contributed by atoms with Crippen LogP contribution >= 0.6 is 0 Å². The average Bonchev–Trinajstić information content (AvgIpc) is 2.34. The summed E-state index contributed by atoms with van der Waals surface area (Å²) in [7, 11) is 0. The second-order valence-corrected chi connectivity index (χ2v) is 7.08. The molecule has 2 aliphatic rings. The number of anilines is 1. The summed E-state index contributed by atoms with van der Waals surface area (Å²) in [5, 5.41) is 3.70.